The molecule has 1 heterocycles. The van der Waals surface area contributed by atoms with Gasteiger partial charge in [0, 0.05) is 6.42 Å². The summed E-state index contributed by atoms with van der Waals surface area (Å²) < 4.78 is 16.3. The van der Waals surface area contributed by atoms with Crippen molar-refractivity contribution in [2.24, 2.45) is 0 Å². The number of rotatable bonds is 6. The van der Waals surface area contributed by atoms with Crippen molar-refractivity contribution < 1.29 is 39.4 Å². The number of carbonyl (C=O) groups excluding carboxylic acids is 1. The Balaban J connectivity index is 1.75. The first-order chi connectivity index (χ1) is 16.4. The van der Waals surface area contributed by atoms with Gasteiger partial charge in [-0.3, -0.25) is 0 Å². The number of methoxy groups -OCH3 is 2. The van der Waals surface area contributed by atoms with Crippen molar-refractivity contribution in [2.75, 3.05) is 20.8 Å². The van der Waals surface area contributed by atoms with Gasteiger partial charge in [-0.1, -0.05) is 36.4 Å². The molecule has 0 spiro atoms. The normalized spacial score (nSPS) is 24.7. The predicted octanol–water partition coefficient (Wildman–Crippen LogP) is 1.69. The van der Waals surface area contributed by atoms with Crippen molar-refractivity contribution >= 4 is 5.97 Å². The van der Waals surface area contributed by atoms with E-state index in [-0.39, 0.29) is 0 Å². The Hall–Kier alpha value is -3.01. The van der Waals surface area contributed by atoms with Gasteiger partial charge in [0.1, 0.15) is 36.3 Å². The van der Waals surface area contributed by atoms with Crippen LogP contribution in [-0.4, -0.2) is 71.6 Å². The van der Waals surface area contributed by atoms with E-state index >= 15 is 0 Å². The molecule has 0 saturated carbocycles. The molecular formula is C26H28O8. The largest absolute Gasteiger partial charge is 0.496 e. The van der Waals surface area contributed by atoms with E-state index in [1.165, 1.54) is 14.2 Å². The highest BCUT2D eigenvalue weighted by atomic mass is 16.5. The number of aliphatic hydroxyl groups is 4. The summed E-state index contributed by atoms with van der Waals surface area (Å²) in [5.74, 6) is 0.125. The first kappa shape index (κ1) is 24.1. The lowest BCUT2D eigenvalue weighted by molar-refractivity contribution is -0.231. The van der Waals surface area contributed by atoms with Crippen LogP contribution in [0.15, 0.2) is 54.6 Å². The minimum absolute atomic E-state index is 0.331. The number of benzene rings is 1. The third-order valence-corrected chi connectivity index (χ3v) is 6.29. The van der Waals surface area contributed by atoms with Gasteiger partial charge in [-0.25, -0.2) is 4.79 Å². The number of ether oxygens (including phenoxy) is 3. The minimum Gasteiger partial charge on any atom is -0.496 e. The van der Waals surface area contributed by atoms with Crippen molar-refractivity contribution in [1.29, 1.82) is 0 Å². The van der Waals surface area contributed by atoms with Crippen LogP contribution >= 0.6 is 0 Å². The zero-order valence-electron chi connectivity index (χ0n) is 18.9. The van der Waals surface area contributed by atoms with Crippen LogP contribution in [0.5, 0.6) is 5.75 Å². The minimum atomic E-state index is -1.48. The first-order valence-corrected chi connectivity index (χ1v) is 11.0. The molecule has 4 rings (SSSR count). The number of esters is 1. The standard InChI is InChI=1S/C26H28O8/c1-32-19-9-8-15(25-24(30)23(29)22(28)20(13-27)34-25)11-16(19)12-17-10-14-6-4-3-5-7-18(14)21(17)26(31)33-2/h3-11,20,22-25,27-30H,12-13H2,1-2H3/t20-,22-,23+,24-,25+/m1/s1. The van der Waals surface area contributed by atoms with Crippen LogP contribution in [0.25, 0.3) is 11.1 Å². The fraction of sp³-hybridized carbons (Fsp3) is 0.346. The van der Waals surface area contributed by atoms with Crippen LogP contribution in [0.1, 0.15) is 33.2 Å². The number of hydrogen-bond acceptors (Lipinski definition) is 8. The molecule has 0 bridgehead atoms. The monoisotopic (exact) mass is 468 g/mol. The van der Waals surface area contributed by atoms with Crippen molar-refractivity contribution in [3.8, 4) is 16.9 Å². The number of aliphatic hydroxyl groups excluding tert-OH is 4. The summed E-state index contributed by atoms with van der Waals surface area (Å²) in [6.45, 7) is -0.509. The molecule has 3 aliphatic rings. The lowest BCUT2D eigenvalue weighted by atomic mass is 9.90. The smallest absolute Gasteiger partial charge is 0.338 e. The molecule has 1 aromatic rings. The van der Waals surface area contributed by atoms with E-state index in [9.17, 15) is 25.2 Å². The maximum atomic E-state index is 12.7. The third kappa shape index (κ3) is 4.38. The molecule has 8 nitrogen and oxygen atoms in total. The summed E-state index contributed by atoms with van der Waals surface area (Å²) in [6, 6.07) is 16.5. The van der Waals surface area contributed by atoms with Crippen LogP contribution in [-0.2, 0) is 15.9 Å². The summed E-state index contributed by atoms with van der Waals surface area (Å²) in [4.78, 5) is 12.7. The molecule has 1 aromatic carbocycles. The van der Waals surface area contributed by atoms with Gasteiger partial charge in [0.2, 0.25) is 0 Å². The van der Waals surface area contributed by atoms with E-state index in [4.69, 9.17) is 14.2 Å². The molecule has 1 aliphatic heterocycles. The Kier molecular flexibility index (Phi) is 7.16. The maximum absolute atomic E-state index is 12.7. The molecule has 34 heavy (non-hydrogen) atoms. The zero-order chi connectivity index (χ0) is 24.4. The Bertz CT molecular complexity index is 1130. The topological polar surface area (TPSA) is 126 Å². The highest BCUT2D eigenvalue weighted by molar-refractivity contribution is 6.01. The maximum Gasteiger partial charge on any atom is 0.338 e. The average Bonchev–Trinajstić information content (AvgIpc) is 3.02. The van der Waals surface area contributed by atoms with E-state index in [0.717, 1.165) is 22.3 Å². The van der Waals surface area contributed by atoms with Gasteiger partial charge in [-0.2, -0.15) is 0 Å². The van der Waals surface area contributed by atoms with E-state index in [1.54, 1.807) is 18.2 Å². The van der Waals surface area contributed by atoms with E-state index in [0.29, 0.717) is 23.3 Å². The lowest BCUT2D eigenvalue weighted by Crippen LogP contribution is -2.55. The molecule has 4 N–H and O–H groups in total. The Labute approximate surface area is 197 Å². The van der Waals surface area contributed by atoms with E-state index in [2.05, 4.69) is 0 Å². The van der Waals surface area contributed by atoms with E-state index in [1.807, 2.05) is 36.4 Å². The summed E-state index contributed by atoms with van der Waals surface area (Å²) in [7, 11) is 2.88. The third-order valence-electron chi connectivity index (χ3n) is 6.29. The molecule has 0 radical (unpaired) electrons. The van der Waals surface area contributed by atoms with Crippen molar-refractivity contribution in [3.05, 3.63) is 76.9 Å². The Morgan fingerprint density at radius 2 is 1.71 bits per heavy atom. The molecule has 1 fully saturated rings. The van der Waals surface area contributed by atoms with Gasteiger partial charge in [0.25, 0.3) is 0 Å². The lowest BCUT2D eigenvalue weighted by Gasteiger charge is -2.40. The van der Waals surface area contributed by atoms with Crippen LogP contribution in [0.2, 0.25) is 0 Å². The summed E-state index contributed by atoms with van der Waals surface area (Å²) in [5, 5.41) is 40.3. The second-order valence-corrected chi connectivity index (χ2v) is 8.31. The fourth-order valence-electron chi connectivity index (χ4n) is 4.53. The SMILES string of the molecule is COC(=O)c1c(Cc2cc([C@@H]3O[C@H](CO)[C@@H](O)[C@H](O)[C@H]3O)ccc2OC)cc2cccccc1-2. The van der Waals surface area contributed by atoms with Crippen LogP contribution in [0.4, 0.5) is 0 Å². The Morgan fingerprint density at radius 1 is 0.941 bits per heavy atom. The number of hydrogen-bond donors (Lipinski definition) is 4. The molecule has 5 atom stereocenters. The van der Waals surface area contributed by atoms with Gasteiger partial charge >= 0.3 is 5.97 Å². The fourth-order valence-corrected chi connectivity index (χ4v) is 4.53. The predicted molar refractivity (Wildman–Crippen MR) is 123 cm³/mol. The highest BCUT2D eigenvalue weighted by Crippen LogP contribution is 2.37. The summed E-state index contributed by atoms with van der Waals surface area (Å²) in [6.07, 6.45) is -5.97. The van der Waals surface area contributed by atoms with Gasteiger partial charge in [-0.05, 0) is 46.0 Å². The summed E-state index contributed by atoms with van der Waals surface area (Å²) >= 11 is 0. The quantitative estimate of drug-likeness (QED) is 0.403. The molecule has 2 aliphatic carbocycles. The summed E-state index contributed by atoms with van der Waals surface area (Å²) in [5.41, 5.74) is 4.14. The van der Waals surface area contributed by atoms with Crippen LogP contribution < -0.4 is 4.74 Å². The molecule has 1 saturated heterocycles. The molecular weight excluding hydrogens is 440 g/mol. The number of carbonyl (C=O) groups is 1. The number of fused-ring (bicyclic) bond motifs is 1. The zero-order valence-corrected chi connectivity index (χ0v) is 18.9. The molecule has 8 heteroatoms. The first-order valence-electron chi connectivity index (χ1n) is 11.0. The van der Waals surface area contributed by atoms with Gasteiger partial charge in [0.15, 0.2) is 0 Å². The van der Waals surface area contributed by atoms with Gasteiger partial charge in [-0.15, -0.1) is 0 Å². The molecule has 0 unspecified atom stereocenters. The Morgan fingerprint density at radius 3 is 2.41 bits per heavy atom. The average molecular weight is 469 g/mol. The van der Waals surface area contributed by atoms with E-state index < -0.39 is 43.1 Å². The molecule has 180 valence electrons. The van der Waals surface area contributed by atoms with Gasteiger partial charge in [0.05, 0.1) is 26.4 Å². The highest BCUT2D eigenvalue weighted by Gasteiger charge is 2.44. The second kappa shape index (κ2) is 10.1. The van der Waals surface area contributed by atoms with Gasteiger partial charge < -0.3 is 34.6 Å². The van der Waals surface area contributed by atoms with Crippen molar-refractivity contribution in [3.63, 3.8) is 0 Å². The van der Waals surface area contributed by atoms with Crippen LogP contribution in [0.3, 0.4) is 0 Å². The van der Waals surface area contributed by atoms with Crippen LogP contribution in [0, 0.1) is 0 Å². The molecule has 0 aromatic heterocycles. The van der Waals surface area contributed by atoms with Crippen molar-refractivity contribution in [2.45, 2.75) is 36.9 Å². The molecule has 0 amide bonds. The van der Waals surface area contributed by atoms with Crippen molar-refractivity contribution in [1.82, 2.24) is 0 Å². The second-order valence-electron chi connectivity index (χ2n) is 8.31.